The second-order valence-electron chi connectivity index (χ2n) is 5.73. The highest BCUT2D eigenvalue weighted by Gasteiger charge is 2.35. The fourth-order valence-corrected chi connectivity index (χ4v) is 3.75. The van der Waals surface area contributed by atoms with Crippen molar-refractivity contribution < 1.29 is 9.90 Å². The van der Waals surface area contributed by atoms with Crippen LogP contribution < -0.4 is 5.32 Å². The summed E-state index contributed by atoms with van der Waals surface area (Å²) in [6.07, 6.45) is 4.23. The number of carbonyl (C=O) groups excluding carboxylic acids is 1. The number of rotatable bonds is 3. The van der Waals surface area contributed by atoms with Gasteiger partial charge in [0.1, 0.15) is 5.75 Å². The highest BCUT2D eigenvalue weighted by Crippen LogP contribution is 2.34. The molecule has 5 heteroatoms. The van der Waals surface area contributed by atoms with Crippen LogP contribution in [0.3, 0.4) is 0 Å². The molecule has 3 nitrogen and oxygen atoms in total. The van der Waals surface area contributed by atoms with E-state index in [0.717, 1.165) is 24.6 Å². The van der Waals surface area contributed by atoms with Gasteiger partial charge in [-0.3, -0.25) is 4.79 Å². The van der Waals surface area contributed by atoms with Gasteiger partial charge in [-0.25, -0.2) is 0 Å². The van der Waals surface area contributed by atoms with Crippen LogP contribution in [0.4, 0.5) is 0 Å². The Balaban J connectivity index is 2.16. The summed E-state index contributed by atoms with van der Waals surface area (Å²) in [6.45, 7) is 2.21. The normalized spacial score (nSPS) is 26.2. The average Bonchev–Trinajstić information content (AvgIpc) is 2.38. The van der Waals surface area contributed by atoms with Gasteiger partial charge in [0.2, 0.25) is 0 Å². The zero-order chi connectivity index (χ0) is 14.8. The monoisotopic (exact) mass is 359 g/mol. The first-order valence-electron chi connectivity index (χ1n) is 6.83. The molecule has 1 fully saturated rings. The highest BCUT2D eigenvalue weighted by molar-refractivity contribution is 9.09. The number of aromatic hydroxyl groups is 1. The van der Waals surface area contributed by atoms with Crippen LogP contribution in [-0.4, -0.2) is 21.9 Å². The van der Waals surface area contributed by atoms with E-state index in [0.29, 0.717) is 10.9 Å². The first-order valence-corrected chi connectivity index (χ1v) is 8.33. The number of hydrogen-bond acceptors (Lipinski definition) is 2. The third kappa shape index (κ3) is 3.47. The molecule has 2 unspecified atom stereocenters. The molecule has 0 bridgehead atoms. The minimum atomic E-state index is -0.243. The van der Waals surface area contributed by atoms with Gasteiger partial charge in [-0.15, -0.1) is 0 Å². The van der Waals surface area contributed by atoms with Crippen molar-refractivity contribution in [2.24, 2.45) is 5.92 Å². The molecule has 0 aromatic heterocycles. The summed E-state index contributed by atoms with van der Waals surface area (Å²) in [6, 6.07) is 4.56. The summed E-state index contributed by atoms with van der Waals surface area (Å²) < 4.78 is 0. The van der Waals surface area contributed by atoms with Crippen LogP contribution >= 0.6 is 27.5 Å². The molecule has 20 heavy (non-hydrogen) atoms. The van der Waals surface area contributed by atoms with Crippen LogP contribution in [0.2, 0.25) is 5.02 Å². The Morgan fingerprint density at radius 2 is 2.35 bits per heavy atom. The number of nitrogens with one attached hydrogen (secondary N) is 1. The van der Waals surface area contributed by atoms with Gasteiger partial charge < -0.3 is 10.4 Å². The summed E-state index contributed by atoms with van der Waals surface area (Å²) in [5.74, 6) is 0.275. The van der Waals surface area contributed by atoms with Crippen molar-refractivity contribution in [3.63, 3.8) is 0 Å². The summed E-state index contributed by atoms with van der Waals surface area (Å²) >= 11 is 9.32. The van der Waals surface area contributed by atoms with Crippen molar-refractivity contribution in [3.05, 3.63) is 28.8 Å². The zero-order valence-corrected chi connectivity index (χ0v) is 13.8. The molecule has 1 amide bonds. The lowest BCUT2D eigenvalue weighted by Gasteiger charge is -2.39. The number of alkyl halides is 1. The summed E-state index contributed by atoms with van der Waals surface area (Å²) in [7, 11) is 0. The van der Waals surface area contributed by atoms with E-state index in [2.05, 4.69) is 28.2 Å². The summed E-state index contributed by atoms with van der Waals surface area (Å²) in [5.41, 5.74) is 0.0498. The van der Waals surface area contributed by atoms with Gasteiger partial charge in [0.15, 0.2) is 0 Å². The van der Waals surface area contributed by atoms with Crippen molar-refractivity contribution in [1.82, 2.24) is 5.32 Å². The van der Waals surface area contributed by atoms with Gasteiger partial charge in [0, 0.05) is 10.4 Å². The van der Waals surface area contributed by atoms with E-state index >= 15 is 0 Å². The number of carbonyl (C=O) groups is 1. The molecule has 0 radical (unpaired) electrons. The largest absolute Gasteiger partial charge is 0.507 e. The van der Waals surface area contributed by atoms with Crippen LogP contribution in [0.15, 0.2) is 18.2 Å². The third-order valence-corrected chi connectivity index (χ3v) is 5.24. The molecule has 1 saturated carbocycles. The van der Waals surface area contributed by atoms with Gasteiger partial charge in [-0.2, -0.15) is 0 Å². The first-order chi connectivity index (χ1) is 9.46. The number of amides is 1. The minimum Gasteiger partial charge on any atom is -0.507 e. The molecular formula is C15H19BrClNO2. The van der Waals surface area contributed by atoms with Crippen molar-refractivity contribution >= 4 is 33.4 Å². The topological polar surface area (TPSA) is 49.3 Å². The van der Waals surface area contributed by atoms with Gasteiger partial charge in [0.25, 0.3) is 5.91 Å². The van der Waals surface area contributed by atoms with E-state index in [-0.39, 0.29) is 22.8 Å². The Bertz CT molecular complexity index is 509. The lowest BCUT2D eigenvalue weighted by atomic mass is 9.77. The van der Waals surface area contributed by atoms with E-state index < -0.39 is 0 Å². The van der Waals surface area contributed by atoms with Crippen molar-refractivity contribution in [2.75, 3.05) is 5.33 Å². The molecule has 1 aromatic rings. The van der Waals surface area contributed by atoms with E-state index in [1.807, 2.05) is 0 Å². The number of phenols is 1. The van der Waals surface area contributed by atoms with Crippen LogP contribution in [0.25, 0.3) is 0 Å². The van der Waals surface area contributed by atoms with Gasteiger partial charge >= 0.3 is 0 Å². The van der Waals surface area contributed by atoms with Crippen molar-refractivity contribution in [1.29, 1.82) is 0 Å². The van der Waals surface area contributed by atoms with E-state index in [1.165, 1.54) is 12.5 Å². The fraction of sp³-hybridized carbons (Fsp3) is 0.533. The third-order valence-electron chi connectivity index (χ3n) is 3.93. The standard InChI is InChI=1S/C15H19BrClNO2/c1-10-3-2-6-15(8-10,9-16)18-14(20)12-5-4-11(17)7-13(12)19/h4-5,7,10,19H,2-3,6,8-9H2,1H3,(H,18,20). The Kier molecular flexibility index (Phi) is 4.97. The van der Waals surface area contributed by atoms with Crippen LogP contribution in [0, 0.1) is 5.92 Å². The number of hydrogen-bond donors (Lipinski definition) is 2. The number of benzene rings is 1. The highest BCUT2D eigenvalue weighted by atomic mass is 79.9. The molecule has 0 heterocycles. The lowest BCUT2D eigenvalue weighted by Crippen LogP contribution is -2.52. The molecule has 2 atom stereocenters. The second kappa shape index (κ2) is 6.35. The Labute approximate surface area is 132 Å². The smallest absolute Gasteiger partial charge is 0.255 e. The quantitative estimate of drug-likeness (QED) is 0.797. The molecule has 110 valence electrons. The molecule has 0 spiro atoms. The maximum atomic E-state index is 12.4. The van der Waals surface area contributed by atoms with Crippen LogP contribution in [0.5, 0.6) is 5.75 Å². The number of halogens is 2. The van der Waals surface area contributed by atoms with Crippen LogP contribution in [-0.2, 0) is 0 Å². The SMILES string of the molecule is CC1CCCC(CBr)(NC(=O)c2ccc(Cl)cc2O)C1. The van der Waals surface area contributed by atoms with E-state index in [4.69, 9.17) is 11.6 Å². The predicted molar refractivity (Wildman–Crippen MR) is 84.7 cm³/mol. The summed E-state index contributed by atoms with van der Waals surface area (Å²) in [4.78, 5) is 12.4. The predicted octanol–water partition coefficient (Wildman–Crippen LogP) is 4.12. The maximum Gasteiger partial charge on any atom is 0.255 e. The second-order valence-corrected chi connectivity index (χ2v) is 6.73. The van der Waals surface area contributed by atoms with Gasteiger partial charge in [0.05, 0.1) is 11.1 Å². The maximum absolute atomic E-state index is 12.4. The molecule has 1 aromatic carbocycles. The average molecular weight is 361 g/mol. The molecule has 0 aliphatic heterocycles. The Hall–Kier alpha value is -0.740. The molecule has 1 aliphatic rings. The Morgan fingerprint density at radius 1 is 1.60 bits per heavy atom. The number of phenolic OH excluding ortho intramolecular Hbond substituents is 1. The van der Waals surface area contributed by atoms with Crippen molar-refractivity contribution in [2.45, 2.75) is 38.1 Å². The Morgan fingerprint density at radius 3 is 2.95 bits per heavy atom. The van der Waals surface area contributed by atoms with E-state index in [1.54, 1.807) is 12.1 Å². The molecule has 2 rings (SSSR count). The minimum absolute atomic E-state index is 0.0800. The molecule has 0 saturated heterocycles. The van der Waals surface area contributed by atoms with E-state index in [9.17, 15) is 9.90 Å². The summed E-state index contributed by atoms with van der Waals surface area (Å²) in [5, 5.41) is 14.1. The molecule has 1 aliphatic carbocycles. The molecular weight excluding hydrogens is 342 g/mol. The lowest BCUT2D eigenvalue weighted by molar-refractivity contribution is 0.0867. The van der Waals surface area contributed by atoms with Crippen molar-refractivity contribution in [3.8, 4) is 5.75 Å². The fourth-order valence-electron chi connectivity index (χ4n) is 2.93. The van der Waals surface area contributed by atoms with Crippen LogP contribution in [0.1, 0.15) is 43.0 Å². The zero-order valence-electron chi connectivity index (χ0n) is 11.5. The van der Waals surface area contributed by atoms with Gasteiger partial charge in [-0.1, -0.05) is 47.3 Å². The van der Waals surface area contributed by atoms with Gasteiger partial charge in [-0.05, 0) is 37.0 Å². The first kappa shape index (κ1) is 15.6. The molecule has 2 N–H and O–H groups in total.